The van der Waals surface area contributed by atoms with Gasteiger partial charge in [0.25, 0.3) is 0 Å². The summed E-state index contributed by atoms with van der Waals surface area (Å²) in [5, 5.41) is 12.3. The molecule has 0 fully saturated rings. The van der Waals surface area contributed by atoms with Crippen molar-refractivity contribution in [3.63, 3.8) is 0 Å². The first-order valence-corrected chi connectivity index (χ1v) is 7.01. The fourth-order valence-corrected chi connectivity index (χ4v) is 1.96. The summed E-state index contributed by atoms with van der Waals surface area (Å²) in [6.45, 7) is 10.8. The molecule has 0 spiro atoms. The molecule has 118 valence electrons. The number of aromatic nitrogens is 1. The van der Waals surface area contributed by atoms with Gasteiger partial charge in [-0.25, -0.2) is 4.79 Å². The van der Waals surface area contributed by atoms with Crippen LogP contribution in [0.4, 0.5) is 10.7 Å². The van der Waals surface area contributed by atoms with Crippen LogP contribution in [0.3, 0.4) is 0 Å². The Labute approximate surface area is 128 Å². The van der Waals surface area contributed by atoms with Gasteiger partial charge < -0.3 is 14.3 Å². The summed E-state index contributed by atoms with van der Waals surface area (Å²) in [5.41, 5.74) is 1.51. The number of nitrogens with zero attached hydrogens (tertiary/aromatic N) is 1. The van der Waals surface area contributed by atoms with E-state index in [1.54, 1.807) is 27.0 Å². The molecule has 0 aliphatic carbocycles. The highest BCUT2D eigenvalue weighted by molar-refractivity contribution is 5.96. The Balaban J connectivity index is 2.42. The lowest BCUT2D eigenvalue weighted by Crippen LogP contribution is -2.27. The van der Waals surface area contributed by atoms with E-state index in [1.807, 2.05) is 13.0 Å². The molecule has 0 saturated heterocycles. The second-order valence-corrected chi connectivity index (χ2v) is 5.92. The Hall–Kier alpha value is -2.50. The predicted molar refractivity (Wildman–Crippen MR) is 84.9 cm³/mol. The second-order valence-electron chi connectivity index (χ2n) is 5.92. The van der Waals surface area contributed by atoms with Crippen LogP contribution in [0.2, 0.25) is 0 Å². The number of ether oxygens (including phenoxy) is 1. The van der Waals surface area contributed by atoms with Crippen LogP contribution in [0.1, 0.15) is 38.8 Å². The van der Waals surface area contributed by atoms with Crippen LogP contribution >= 0.6 is 0 Å². The third-order valence-electron chi connectivity index (χ3n) is 2.90. The normalized spacial score (nSPS) is 11.5. The fraction of sp³-hybridized carbons (Fsp3) is 0.375. The number of furan rings is 1. The number of aliphatic hydroxyl groups is 1. The van der Waals surface area contributed by atoms with Crippen molar-refractivity contribution in [2.24, 2.45) is 0 Å². The largest absolute Gasteiger partial charge is 0.508 e. The van der Waals surface area contributed by atoms with Gasteiger partial charge in [0.2, 0.25) is 5.88 Å². The van der Waals surface area contributed by atoms with Crippen LogP contribution in [0.5, 0.6) is 0 Å². The summed E-state index contributed by atoms with van der Waals surface area (Å²) in [6.07, 6.45) is 1.82. The molecule has 2 aromatic heterocycles. The number of carbonyl (C=O) groups excluding carboxylic acids is 1. The van der Waals surface area contributed by atoms with Crippen LogP contribution in [0, 0.1) is 0 Å². The quantitative estimate of drug-likeness (QED) is 0.827. The first-order valence-electron chi connectivity index (χ1n) is 7.01. The number of anilines is 1. The van der Waals surface area contributed by atoms with Crippen LogP contribution in [0.15, 0.2) is 23.3 Å². The maximum Gasteiger partial charge on any atom is 0.414 e. The molecular formula is C16H20N2O4. The molecule has 6 heteroatoms. The van der Waals surface area contributed by atoms with Gasteiger partial charge in [0.15, 0.2) is 5.58 Å². The molecule has 2 N–H and O–H groups in total. The SMILES string of the molecule is C=C(O)c1c(NC(=O)OC(C)(C)C)oc2cc(CC)cnc12. The number of fused-ring (bicyclic) bond motifs is 1. The van der Waals surface area contributed by atoms with Gasteiger partial charge in [-0.15, -0.1) is 0 Å². The molecule has 2 heterocycles. The molecule has 22 heavy (non-hydrogen) atoms. The fourth-order valence-electron chi connectivity index (χ4n) is 1.96. The van der Waals surface area contributed by atoms with Gasteiger partial charge in [0, 0.05) is 6.20 Å². The number of hydrogen-bond acceptors (Lipinski definition) is 5. The van der Waals surface area contributed by atoms with Gasteiger partial charge in [-0.3, -0.25) is 10.3 Å². The highest BCUT2D eigenvalue weighted by atomic mass is 16.6. The van der Waals surface area contributed by atoms with Crippen LogP contribution < -0.4 is 5.32 Å². The summed E-state index contributed by atoms with van der Waals surface area (Å²) in [5.74, 6) is -0.168. The predicted octanol–water partition coefficient (Wildman–Crippen LogP) is 4.27. The van der Waals surface area contributed by atoms with Crippen LogP contribution in [0.25, 0.3) is 16.9 Å². The average Bonchev–Trinajstić information content (AvgIpc) is 2.72. The second kappa shape index (κ2) is 5.71. The van der Waals surface area contributed by atoms with Gasteiger partial charge in [0.1, 0.15) is 22.4 Å². The topological polar surface area (TPSA) is 84.6 Å². The third-order valence-corrected chi connectivity index (χ3v) is 2.90. The first-order chi connectivity index (χ1) is 10.2. The van der Waals surface area contributed by atoms with Crippen molar-refractivity contribution >= 4 is 28.8 Å². The molecule has 6 nitrogen and oxygen atoms in total. The van der Waals surface area contributed by atoms with E-state index in [1.165, 1.54) is 0 Å². The van der Waals surface area contributed by atoms with Crippen molar-refractivity contribution in [1.29, 1.82) is 0 Å². The van der Waals surface area contributed by atoms with E-state index in [9.17, 15) is 9.90 Å². The number of rotatable bonds is 3. The molecule has 2 rings (SSSR count). The molecule has 2 aromatic rings. The number of carbonyl (C=O) groups is 1. The van der Waals surface area contributed by atoms with Gasteiger partial charge >= 0.3 is 6.09 Å². The molecule has 0 bridgehead atoms. The van der Waals surface area contributed by atoms with Crippen molar-refractivity contribution in [1.82, 2.24) is 4.98 Å². The van der Waals surface area contributed by atoms with Gasteiger partial charge in [0.05, 0.1) is 0 Å². The maximum atomic E-state index is 11.9. The molecular weight excluding hydrogens is 284 g/mol. The highest BCUT2D eigenvalue weighted by Gasteiger charge is 2.23. The number of pyridine rings is 1. The zero-order valence-corrected chi connectivity index (χ0v) is 13.2. The minimum absolute atomic E-state index is 0.0671. The van der Waals surface area contributed by atoms with E-state index in [4.69, 9.17) is 9.15 Å². The Morgan fingerprint density at radius 3 is 2.73 bits per heavy atom. The standard InChI is InChI=1S/C16H20N2O4/c1-6-10-7-11-13(17-8-10)12(9(2)19)14(21-11)18-15(20)22-16(3,4)5/h7-8,19H,2,6H2,1,3-5H3,(H,18,20). The molecule has 0 aromatic carbocycles. The van der Waals surface area contributed by atoms with Crippen molar-refractivity contribution in [2.75, 3.05) is 5.32 Å². The number of aliphatic hydroxyl groups excluding tert-OH is 1. The Morgan fingerprint density at radius 1 is 1.50 bits per heavy atom. The molecule has 0 unspecified atom stereocenters. The van der Waals surface area contributed by atoms with Crippen LogP contribution in [-0.2, 0) is 11.2 Å². The monoisotopic (exact) mass is 304 g/mol. The maximum absolute atomic E-state index is 11.9. The average molecular weight is 304 g/mol. The zero-order chi connectivity index (χ0) is 16.5. The van der Waals surface area contributed by atoms with Crippen molar-refractivity contribution < 1.29 is 19.1 Å². The van der Waals surface area contributed by atoms with Crippen molar-refractivity contribution in [3.05, 3.63) is 30.0 Å². The van der Waals surface area contributed by atoms with E-state index in [-0.39, 0.29) is 17.2 Å². The number of amides is 1. The number of hydrogen-bond donors (Lipinski definition) is 2. The minimum atomic E-state index is -0.676. The highest BCUT2D eigenvalue weighted by Crippen LogP contribution is 2.33. The minimum Gasteiger partial charge on any atom is -0.508 e. The Morgan fingerprint density at radius 2 is 2.18 bits per heavy atom. The van der Waals surface area contributed by atoms with Crippen molar-refractivity contribution in [2.45, 2.75) is 39.7 Å². The molecule has 0 saturated carbocycles. The summed E-state index contributed by atoms with van der Waals surface area (Å²) in [7, 11) is 0. The molecule has 1 amide bonds. The lowest BCUT2D eigenvalue weighted by Gasteiger charge is -2.19. The van der Waals surface area contributed by atoms with Gasteiger partial charge in [-0.05, 0) is 38.8 Å². The summed E-state index contributed by atoms with van der Waals surface area (Å²) in [4.78, 5) is 16.1. The third kappa shape index (κ3) is 3.39. The van der Waals surface area contributed by atoms with Crippen LogP contribution in [-0.4, -0.2) is 21.8 Å². The lowest BCUT2D eigenvalue weighted by molar-refractivity contribution is 0.0633. The molecule has 0 aliphatic rings. The molecule has 0 radical (unpaired) electrons. The van der Waals surface area contributed by atoms with E-state index in [0.717, 1.165) is 12.0 Å². The van der Waals surface area contributed by atoms with E-state index >= 15 is 0 Å². The molecule has 0 atom stereocenters. The summed E-state index contributed by atoms with van der Waals surface area (Å²) in [6, 6.07) is 1.81. The zero-order valence-electron chi connectivity index (χ0n) is 13.2. The van der Waals surface area contributed by atoms with E-state index in [2.05, 4.69) is 16.9 Å². The van der Waals surface area contributed by atoms with E-state index in [0.29, 0.717) is 11.1 Å². The number of nitrogens with one attached hydrogen (secondary N) is 1. The summed E-state index contributed by atoms with van der Waals surface area (Å²) >= 11 is 0. The first kappa shape index (κ1) is 15.9. The van der Waals surface area contributed by atoms with Gasteiger partial charge in [-0.2, -0.15) is 0 Å². The lowest BCUT2D eigenvalue weighted by atomic mass is 10.2. The van der Waals surface area contributed by atoms with Crippen molar-refractivity contribution in [3.8, 4) is 0 Å². The smallest absolute Gasteiger partial charge is 0.414 e. The number of aryl methyl sites for hydroxylation is 1. The van der Waals surface area contributed by atoms with Gasteiger partial charge in [-0.1, -0.05) is 13.5 Å². The van der Waals surface area contributed by atoms with E-state index < -0.39 is 11.7 Å². The Kier molecular flexibility index (Phi) is 4.12. The molecule has 0 aliphatic heterocycles. The summed E-state index contributed by atoms with van der Waals surface area (Å²) < 4.78 is 10.8. The Bertz CT molecular complexity index is 726.